The number of nitrogens with one attached hydrogen (secondary N) is 2. The van der Waals surface area contributed by atoms with E-state index in [0.717, 1.165) is 16.8 Å². The number of carbonyl (C=O) groups excluding carboxylic acids is 1. The lowest BCUT2D eigenvalue weighted by Gasteiger charge is -2.25. The van der Waals surface area contributed by atoms with Gasteiger partial charge in [0.15, 0.2) is 0 Å². The van der Waals surface area contributed by atoms with Crippen molar-refractivity contribution in [3.63, 3.8) is 0 Å². The van der Waals surface area contributed by atoms with E-state index in [0.29, 0.717) is 11.5 Å². The summed E-state index contributed by atoms with van der Waals surface area (Å²) in [5.41, 5.74) is 3.36. The average molecular weight is 496 g/mol. The van der Waals surface area contributed by atoms with Gasteiger partial charge in [-0.25, -0.2) is 9.07 Å². The van der Waals surface area contributed by atoms with E-state index in [9.17, 15) is 9.18 Å². The molecule has 4 aromatic rings. The molecule has 1 atom stereocenters. The lowest BCUT2D eigenvalue weighted by atomic mass is 10.0. The van der Waals surface area contributed by atoms with Crippen LogP contribution >= 0.6 is 24.0 Å². The van der Waals surface area contributed by atoms with Crippen LogP contribution in [0.2, 0.25) is 5.02 Å². The van der Waals surface area contributed by atoms with Crippen molar-refractivity contribution in [2.45, 2.75) is 13.0 Å². The first-order valence-corrected chi connectivity index (χ1v) is 10.7. The number of benzene rings is 3. The van der Waals surface area contributed by atoms with E-state index < -0.39 is 11.9 Å². The van der Waals surface area contributed by atoms with Crippen LogP contribution in [-0.2, 0) is 0 Å². The van der Waals surface area contributed by atoms with Gasteiger partial charge in [0.2, 0.25) is 5.95 Å². The van der Waals surface area contributed by atoms with Gasteiger partial charge in [0.1, 0.15) is 11.9 Å². The van der Waals surface area contributed by atoms with Crippen LogP contribution in [0.15, 0.2) is 78.9 Å². The van der Waals surface area contributed by atoms with Crippen LogP contribution in [0.5, 0.6) is 0 Å². The first-order valence-electron chi connectivity index (χ1n) is 10.3. The maximum Gasteiger partial charge on any atom is 0.258 e. The Morgan fingerprint density at radius 1 is 1.09 bits per heavy atom. The fraction of sp³-hybridized carbons (Fsp3) is 0.0800. The van der Waals surface area contributed by atoms with Crippen molar-refractivity contribution < 1.29 is 9.18 Å². The zero-order chi connectivity index (χ0) is 22.9. The summed E-state index contributed by atoms with van der Waals surface area (Å²) in [5, 5.41) is 10.7. The highest BCUT2D eigenvalue weighted by Crippen LogP contribution is 2.37. The standard InChI is InChI=1S/C25H19ClFN5O.ClH/c1-15-7-5-10-17(13-15)23(33)29-24-30-25-28-20(16-8-3-2-4-9-16)14-21(32(25)31-24)22-18(26)11-6-12-19(22)27;/h2-14,21H,1H3,(H2,28,29,30,31,33);1H. The molecule has 2 N–H and O–H groups in total. The molecule has 0 spiro atoms. The summed E-state index contributed by atoms with van der Waals surface area (Å²) < 4.78 is 16.4. The molecule has 1 amide bonds. The summed E-state index contributed by atoms with van der Waals surface area (Å²) >= 11 is 6.39. The van der Waals surface area contributed by atoms with Crippen LogP contribution in [0.25, 0.3) is 5.70 Å². The number of aryl methyl sites for hydroxylation is 1. The maximum absolute atomic E-state index is 14.9. The molecule has 1 aromatic heterocycles. The number of hydrogen-bond acceptors (Lipinski definition) is 4. The monoisotopic (exact) mass is 495 g/mol. The van der Waals surface area contributed by atoms with Crippen LogP contribution in [0.4, 0.5) is 16.3 Å². The molecule has 0 fully saturated rings. The first-order chi connectivity index (χ1) is 16.0. The number of anilines is 2. The van der Waals surface area contributed by atoms with Gasteiger partial charge in [-0.2, -0.15) is 4.98 Å². The second kappa shape index (κ2) is 9.67. The summed E-state index contributed by atoms with van der Waals surface area (Å²) in [7, 11) is 0. The quantitative estimate of drug-likeness (QED) is 0.358. The first kappa shape index (κ1) is 23.5. The number of halogens is 3. The van der Waals surface area contributed by atoms with Gasteiger partial charge in [0.25, 0.3) is 11.9 Å². The van der Waals surface area contributed by atoms with Gasteiger partial charge in [0, 0.05) is 21.8 Å². The molecule has 0 saturated carbocycles. The van der Waals surface area contributed by atoms with Gasteiger partial charge < -0.3 is 5.32 Å². The summed E-state index contributed by atoms with van der Waals surface area (Å²) in [6.45, 7) is 1.91. The number of allylic oxidation sites excluding steroid dienone is 1. The van der Waals surface area contributed by atoms with Crippen molar-refractivity contribution in [1.82, 2.24) is 14.8 Å². The predicted molar refractivity (Wildman–Crippen MR) is 134 cm³/mol. The molecule has 1 aliphatic heterocycles. The third-order valence-corrected chi connectivity index (χ3v) is 5.68. The Labute approximate surface area is 206 Å². The molecule has 0 aliphatic carbocycles. The number of aromatic nitrogens is 3. The van der Waals surface area contributed by atoms with Crippen molar-refractivity contribution in [1.29, 1.82) is 0 Å². The normalized spacial score (nSPS) is 14.3. The minimum atomic E-state index is -0.665. The third-order valence-electron chi connectivity index (χ3n) is 5.35. The Morgan fingerprint density at radius 3 is 2.59 bits per heavy atom. The number of hydrogen-bond donors (Lipinski definition) is 2. The summed E-state index contributed by atoms with van der Waals surface area (Å²) in [6.07, 6.45) is 1.84. The van der Waals surface area contributed by atoms with E-state index in [1.165, 1.54) is 10.7 Å². The maximum atomic E-state index is 14.9. The highest BCUT2D eigenvalue weighted by molar-refractivity contribution is 6.31. The minimum absolute atomic E-state index is 0. The molecule has 2 heterocycles. The second-order valence-electron chi connectivity index (χ2n) is 7.68. The minimum Gasteiger partial charge on any atom is -0.324 e. The number of fused-ring (bicyclic) bond motifs is 1. The Kier molecular flexibility index (Phi) is 6.68. The van der Waals surface area contributed by atoms with Gasteiger partial charge in [-0.1, -0.05) is 65.7 Å². The molecule has 3 aromatic carbocycles. The van der Waals surface area contributed by atoms with E-state index in [2.05, 4.69) is 20.7 Å². The van der Waals surface area contributed by atoms with Crippen LogP contribution in [0, 0.1) is 12.7 Å². The smallest absolute Gasteiger partial charge is 0.258 e. The van der Waals surface area contributed by atoms with Gasteiger partial charge >= 0.3 is 0 Å². The van der Waals surface area contributed by atoms with Gasteiger partial charge in [-0.15, -0.1) is 17.5 Å². The topological polar surface area (TPSA) is 71.8 Å². The fourth-order valence-corrected chi connectivity index (χ4v) is 4.07. The van der Waals surface area contributed by atoms with Crippen LogP contribution < -0.4 is 10.6 Å². The SMILES string of the molecule is Cc1cccc(C(=O)Nc2nc3n(n2)C(c2c(F)cccc2Cl)C=C(c2ccccc2)N3)c1.Cl. The van der Waals surface area contributed by atoms with Crippen molar-refractivity contribution in [3.8, 4) is 0 Å². The molecule has 1 aliphatic rings. The summed E-state index contributed by atoms with van der Waals surface area (Å²) in [4.78, 5) is 17.2. The molecule has 1 unspecified atom stereocenters. The van der Waals surface area contributed by atoms with Crippen molar-refractivity contribution in [2.75, 3.05) is 10.6 Å². The zero-order valence-corrected chi connectivity index (χ0v) is 19.6. The number of amides is 1. The fourth-order valence-electron chi connectivity index (χ4n) is 3.79. The molecule has 0 bridgehead atoms. The molecule has 9 heteroatoms. The highest BCUT2D eigenvalue weighted by Gasteiger charge is 2.29. The number of nitrogens with zero attached hydrogens (tertiary/aromatic N) is 3. The molecule has 34 heavy (non-hydrogen) atoms. The van der Waals surface area contributed by atoms with E-state index in [1.807, 2.05) is 55.5 Å². The highest BCUT2D eigenvalue weighted by atomic mass is 35.5. The lowest BCUT2D eigenvalue weighted by molar-refractivity contribution is 0.102. The van der Waals surface area contributed by atoms with E-state index in [1.54, 1.807) is 24.3 Å². The number of rotatable bonds is 4. The Balaban J connectivity index is 0.00000274. The van der Waals surface area contributed by atoms with Crippen molar-refractivity contribution in [2.24, 2.45) is 0 Å². The lowest BCUT2D eigenvalue weighted by Crippen LogP contribution is -2.21. The molecule has 6 nitrogen and oxygen atoms in total. The number of carbonyl (C=O) groups is 1. The van der Waals surface area contributed by atoms with Crippen molar-refractivity contribution in [3.05, 3.63) is 112 Å². The van der Waals surface area contributed by atoms with Gasteiger partial charge in [-0.05, 0) is 42.8 Å². The molecule has 5 rings (SSSR count). The van der Waals surface area contributed by atoms with Crippen molar-refractivity contribution >= 4 is 47.5 Å². The molecule has 0 saturated heterocycles. The second-order valence-corrected chi connectivity index (χ2v) is 8.09. The Hall–Kier alpha value is -3.68. The third kappa shape index (κ3) is 4.53. The van der Waals surface area contributed by atoms with E-state index >= 15 is 0 Å². The van der Waals surface area contributed by atoms with Gasteiger partial charge in [-0.3, -0.25) is 10.1 Å². The molecule has 172 valence electrons. The zero-order valence-electron chi connectivity index (χ0n) is 18.0. The average Bonchev–Trinajstić information content (AvgIpc) is 3.22. The molecular weight excluding hydrogens is 476 g/mol. The van der Waals surface area contributed by atoms with Crippen LogP contribution in [0.3, 0.4) is 0 Å². The summed E-state index contributed by atoms with van der Waals surface area (Å²) in [6, 6.07) is 20.7. The van der Waals surface area contributed by atoms with Crippen LogP contribution in [0.1, 0.15) is 33.1 Å². The largest absolute Gasteiger partial charge is 0.324 e. The van der Waals surface area contributed by atoms with Crippen LogP contribution in [-0.4, -0.2) is 20.7 Å². The summed E-state index contributed by atoms with van der Waals surface area (Å²) in [5.74, 6) is -0.326. The molecular formula is C25H20Cl2FN5O. The Morgan fingerprint density at radius 2 is 1.85 bits per heavy atom. The predicted octanol–water partition coefficient (Wildman–Crippen LogP) is 6.11. The van der Waals surface area contributed by atoms with Gasteiger partial charge in [0.05, 0.1) is 0 Å². The van der Waals surface area contributed by atoms with E-state index in [4.69, 9.17) is 11.6 Å². The molecule has 0 radical (unpaired) electrons. The Bertz CT molecular complexity index is 1370. The van der Waals surface area contributed by atoms with E-state index in [-0.39, 0.29) is 34.8 Å².